The van der Waals surface area contributed by atoms with Crippen molar-refractivity contribution in [1.82, 2.24) is 24.9 Å². The average molecular weight is 768 g/mol. The van der Waals surface area contributed by atoms with Crippen molar-refractivity contribution in [3.8, 4) is 101 Å². The molecule has 282 valence electrons. The van der Waals surface area contributed by atoms with Gasteiger partial charge < -0.3 is 0 Å². The van der Waals surface area contributed by atoms with Crippen molar-refractivity contribution in [1.29, 1.82) is 0 Å². The molecule has 0 radical (unpaired) electrons. The Hall–Kier alpha value is -8.15. The maximum Gasteiger partial charge on any atom is 0.164 e. The lowest BCUT2D eigenvalue weighted by Crippen LogP contribution is -2.00. The fraction of sp³-hybridized carbons (Fsp3) is 0. The molecule has 0 unspecified atom stereocenters. The van der Waals surface area contributed by atoms with Crippen LogP contribution in [0.3, 0.4) is 0 Å². The van der Waals surface area contributed by atoms with Crippen molar-refractivity contribution in [3.05, 3.63) is 225 Å². The Morgan fingerprint density at radius 1 is 0.217 bits per heavy atom. The van der Waals surface area contributed by atoms with Gasteiger partial charge in [-0.05, 0) is 93.0 Å². The Morgan fingerprint density at radius 2 is 0.533 bits per heavy atom. The van der Waals surface area contributed by atoms with E-state index in [-0.39, 0.29) is 0 Å². The van der Waals surface area contributed by atoms with Crippen LogP contribution in [0.1, 0.15) is 0 Å². The van der Waals surface area contributed by atoms with E-state index in [9.17, 15) is 0 Å². The number of nitrogens with zero attached hydrogens (tertiary/aromatic N) is 5. The molecule has 0 saturated carbocycles. The van der Waals surface area contributed by atoms with Gasteiger partial charge >= 0.3 is 0 Å². The number of pyridine rings is 2. The fourth-order valence-electron chi connectivity index (χ4n) is 7.72. The van der Waals surface area contributed by atoms with Gasteiger partial charge in [-0.25, -0.2) is 15.0 Å². The maximum atomic E-state index is 5.15. The van der Waals surface area contributed by atoms with Crippen LogP contribution in [0.15, 0.2) is 225 Å². The van der Waals surface area contributed by atoms with E-state index in [1.165, 1.54) is 0 Å². The third kappa shape index (κ3) is 7.51. The van der Waals surface area contributed by atoms with E-state index < -0.39 is 0 Å². The van der Waals surface area contributed by atoms with Gasteiger partial charge in [-0.2, -0.15) is 0 Å². The molecule has 0 saturated heterocycles. The van der Waals surface area contributed by atoms with Crippen molar-refractivity contribution in [2.24, 2.45) is 0 Å². The third-order valence-corrected chi connectivity index (χ3v) is 10.7. The van der Waals surface area contributed by atoms with E-state index in [0.29, 0.717) is 17.5 Å². The van der Waals surface area contributed by atoms with E-state index in [1.807, 2.05) is 67.0 Å². The maximum absolute atomic E-state index is 5.15. The molecule has 7 aromatic carbocycles. The predicted octanol–water partition coefficient (Wildman–Crippen LogP) is 13.7. The minimum atomic E-state index is 0.607. The van der Waals surface area contributed by atoms with Crippen molar-refractivity contribution < 1.29 is 0 Å². The Balaban J connectivity index is 1.02. The second-order valence-corrected chi connectivity index (χ2v) is 14.5. The molecule has 10 rings (SSSR count). The number of rotatable bonds is 9. The normalized spacial score (nSPS) is 11.0. The van der Waals surface area contributed by atoms with Crippen molar-refractivity contribution in [2.75, 3.05) is 0 Å². The number of hydrogen-bond acceptors (Lipinski definition) is 5. The molecule has 0 N–H and O–H groups in total. The van der Waals surface area contributed by atoms with Gasteiger partial charge in [-0.3, -0.25) is 9.97 Å². The molecule has 0 aliphatic rings. The van der Waals surface area contributed by atoms with E-state index in [4.69, 9.17) is 15.0 Å². The first kappa shape index (κ1) is 36.2. The molecule has 0 amide bonds. The van der Waals surface area contributed by atoms with Crippen LogP contribution < -0.4 is 0 Å². The fourth-order valence-corrected chi connectivity index (χ4v) is 7.72. The Labute approximate surface area is 349 Å². The van der Waals surface area contributed by atoms with E-state index in [2.05, 4.69) is 168 Å². The molecule has 5 heteroatoms. The highest BCUT2D eigenvalue weighted by molar-refractivity contribution is 5.86. The summed E-state index contributed by atoms with van der Waals surface area (Å²) in [6, 6.07) is 73.3. The van der Waals surface area contributed by atoms with Gasteiger partial charge in [-0.1, -0.05) is 164 Å². The molecule has 5 nitrogen and oxygen atoms in total. The summed E-state index contributed by atoms with van der Waals surface area (Å²) in [5.41, 5.74) is 15.7. The molecule has 0 spiro atoms. The monoisotopic (exact) mass is 767 g/mol. The van der Waals surface area contributed by atoms with Crippen LogP contribution in [0, 0.1) is 0 Å². The number of hydrogen-bond donors (Lipinski definition) is 0. The summed E-state index contributed by atoms with van der Waals surface area (Å²) in [7, 11) is 0. The zero-order valence-electron chi connectivity index (χ0n) is 32.6. The van der Waals surface area contributed by atoms with Crippen LogP contribution in [0.25, 0.3) is 101 Å². The van der Waals surface area contributed by atoms with Crippen molar-refractivity contribution in [2.45, 2.75) is 0 Å². The van der Waals surface area contributed by atoms with Gasteiger partial charge in [0.05, 0.1) is 11.4 Å². The van der Waals surface area contributed by atoms with Gasteiger partial charge in [0.2, 0.25) is 0 Å². The van der Waals surface area contributed by atoms with Crippen LogP contribution in [0.5, 0.6) is 0 Å². The molecule has 0 atom stereocenters. The minimum absolute atomic E-state index is 0.607. The first-order chi connectivity index (χ1) is 29.7. The standard InChI is InChI=1S/C55H37N5/c1-2-16-38(17-3-1)53-58-54(45-24-14-20-41(36-45)39-18-12-22-43(34-39)47-26-4-6-28-49(47)51-30-8-10-32-56-51)60-55(59-53)46-25-15-21-42(37-46)40-19-13-23-44(35-40)48-27-5-7-29-50(48)52-31-9-11-33-57-52/h1-37H. The second kappa shape index (κ2) is 16.4. The zero-order valence-corrected chi connectivity index (χ0v) is 32.6. The molecule has 0 aliphatic heterocycles. The Bertz CT molecular complexity index is 2900. The topological polar surface area (TPSA) is 64.5 Å². The Morgan fingerprint density at radius 3 is 0.950 bits per heavy atom. The number of benzene rings is 7. The minimum Gasteiger partial charge on any atom is -0.256 e. The summed E-state index contributed by atoms with van der Waals surface area (Å²) in [5.74, 6) is 1.83. The molecule has 3 aromatic heterocycles. The summed E-state index contributed by atoms with van der Waals surface area (Å²) in [6.07, 6.45) is 3.68. The zero-order chi connectivity index (χ0) is 40.1. The molecular formula is C55H37N5. The highest BCUT2D eigenvalue weighted by atomic mass is 15.0. The van der Waals surface area contributed by atoms with Crippen LogP contribution in [0.2, 0.25) is 0 Å². The van der Waals surface area contributed by atoms with Gasteiger partial charge in [0, 0.05) is 40.2 Å². The number of aromatic nitrogens is 5. The molecular weight excluding hydrogens is 731 g/mol. The molecule has 3 heterocycles. The average Bonchev–Trinajstić information content (AvgIpc) is 3.35. The van der Waals surface area contributed by atoms with Crippen LogP contribution in [0.4, 0.5) is 0 Å². The Kier molecular flexibility index (Phi) is 9.88. The summed E-state index contributed by atoms with van der Waals surface area (Å²) in [4.78, 5) is 24.6. The lowest BCUT2D eigenvalue weighted by atomic mass is 9.94. The van der Waals surface area contributed by atoms with Gasteiger partial charge in [0.15, 0.2) is 17.5 Å². The lowest BCUT2D eigenvalue weighted by molar-refractivity contribution is 1.07. The first-order valence-corrected chi connectivity index (χ1v) is 20.0. The SMILES string of the molecule is c1ccc(-c2nc(-c3cccc(-c4cccc(-c5ccccc5-c5ccccn5)c4)c3)nc(-c3cccc(-c4cccc(-c5ccccc5-c5ccccn5)c4)c3)n2)cc1. The molecule has 0 fully saturated rings. The van der Waals surface area contributed by atoms with Crippen LogP contribution in [-0.2, 0) is 0 Å². The highest BCUT2D eigenvalue weighted by Crippen LogP contribution is 2.36. The van der Waals surface area contributed by atoms with E-state index in [1.54, 1.807) is 0 Å². The second-order valence-electron chi connectivity index (χ2n) is 14.5. The quantitative estimate of drug-likeness (QED) is 0.146. The molecule has 0 aliphatic carbocycles. The summed E-state index contributed by atoms with van der Waals surface area (Å²) in [6.45, 7) is 0. The summed E-state index contributed by atoms with van der Waals surface area (Å²) >= 11 is 0. The highest BCUT2D eigenvalue weighted by Gasteiger charge is 2.16. The molecule has 0 bridgehead atoms. The summed E-state index contributed by atoms with van der Waals surface area (Å²) in [5, 5.41) is 0. The van der Waals surface area contributed by atoms with Crippen molar-refractivity contribution in [3.63, 3.8) is 0 Å². The van der Waals surface area contributed by atoms with Crippen LogP contribution >= 0.6 is 0 Å². The first-order valence-electron chi connectivity index (χ1n) is 20.0. The largest absolute Gasteiger partial charge is 0.256 e. The summed E-state index contributed by atoms with van der Waals surface area (Å²) < 4.78 is 0. The van der Waals surface area contributed by atoms with E-state index in [0.717, 1.165) is 83.7 Å². The third-order valence-electron chi connectivity index (χ3n) is 10.7. The van der Waals surface area contributed by atoms with Gasteiger partial charge in [0.1, 0.15) is 0 Å². The van der Waals surface area contributed by atoms with E-state index >= 15 is 0 Å². The van der Waals surface area contributed by atoms with Gasteiger partial charge in [-0.15, -0.1) is 0 Å². The smallest absolute Gasteiger partial charge is 0.164 e. The lowest BCUT2D eigenvalue weighted by Gasteiger charge is -2.13. The van der Waals surface area contributed by atoms with Crippen molar-refractivity contribution >= 4 is 0 Å². The van der Waals surface area contributed by atoms with Gasteiger partial charge in [0.25, 0.3) is 0 Å². The molecule has 10 aromatic rings. The van der Waals surface area contributed by atoms with Crippen LogP contribution in [-0.4, -0.2) is 24.9 Å². The predicted molar refractivity (Wildman–Crippen MR) is 244 cm³/mol. The molecule has 60 heavy (non-hydrogen) atoms.